The number of fused-ring (bicyclic) bond motifs is 1. The Morgan fingerprint density at radius 2 is 2.05 bits per heavy atom. The van der Waals surface area contributed by atoms with Crippen LogP contribution in [0.25, 0.3) is 5.65 Å². The third-order valence-corrected chi connectivity index (χ3v) is 3.16. The Hall–Kier alpha value is -2.89. The summed E-state index contributed by atoms with van der Waals surface area (Å²) in [5, 5.41) is 13.4. The quantitative estimate of drug-likeness (QED) is 0.792. The van der Waals surface area contributed by atoms with Crippen molar-refractivity contribution in [3.63, 3.8) is 0 Å². The van der Waals surface area contributed by atoms with Crippen LogP contribution in [0.3, 0.4) is 0 Å². The second kappa shape index (κ2) is 5.24. The summed E-state index contributed by atoms with van der Waals surface area (Å²) in [6, 6.07) is 12.5. The highest BCUT2D eigenvalue weighted by molar-refractivity contribution is 5.86. The van der Waals surface area contributed by atoms with Crippen molar-refractivity contribution in [3.8, 4) is 5.75 Å². The molecule has 0 atom stereocenters. The van der Waals surface area contributed by atoms with E-state index in [2.05, 4.69) is 10.1 Å². The van der Waals surface area contributed by atoms with Gasteiger partial charge in [0.05, 0.1) is 7.11 Å². The van der Waals surface area contributed by atoms with Crippen LogP contribution < -0.4 is 4.74 Å². The van der Waals surface area contributed by atoms with Crippen LogP contribution >= 0.6 is 0 Å². The maximum Gasteiger partial charge on any atom is 0.354 e. The molecule has 0 aliphatic rings. The first-order valence-electron chi connectivity index (χ1n) is 6.39. The molecule has 0 saturated heterocycles. The SMILES string of the molecule is COc1ccccc1Cc1nc2cccc(C(=O)O)n2n1. The van der Waals surface area contributed by atoms with Crippen molar-refractivity contribution < 1.29 is 14.6 Å². The molecule has 6 heteroatoms. The van der Waals surface area contributed by atoms with E-state index in [1.54, 1.807) is 19.2 Å². The number of aromatic carboxylic acids is 1. The van der Waals surface area contributed by atoms with E-state index in [1.807, 2.05) is 24.3 Å². The van der Waals surface area contributed by atoms with Gasteiger partial charge in [0.25, 0.3) is 0 Å². The molecule has 3 aromatic rings. The molecule has 0 fully saturated rings. The van der Waals surface area contributed by atoms with E-state index in [0.717, 1.165) is 11.3 Å². The predicted molar refractivity (Wildman–Crippen MR) is 75.7 cm³/mol. The van der Waals surface area contributed by atoms with E-state index in [1.165, 1.54) is 10.6 Å². The van der Waals surface area contributed by atoms with Crippen LogP contribution in [0.15, 0.2) is 42.5 Å². The molecule has 0 radical (unpaired) electrons. The van der Waals surface area contributed by atoms with Crippen LogP contribution in [-0.4, -0.2) is 32.8 Å². The van der Waals surface area contributed by atoms with E-state index in [-0.39, 0.29) is 5.69 Å². The fraction of sp³-hybridized carbons (Fsp3) is 0.133. The number of pyridine rings is 1. The lowest BCUT2D eigenvalue weighted by molar-refractivity contribution is 0.0687. The number of methoxy groups -OCH3 is 1. The molecular weight excluding hydrogens is 270 g/mol. The summed E-state index contributed by atoms with van der Waals surface area (Å²) in [7, 11) is 1.61. The number of hydrogen-bond acceptors (Lipinski definition) is 4. The van der Waals surface area contributed by atoms with Gasteiger partial charge in [0, 0.05) is 12.0 Å². The Kier molecular flexibility index (Phi) is 3.27. The third kappa shape index (κ3) is 2.43. The molecule has 106 valence electrons. The third-order valence-electron chi connectivity index (χ3n) is 3.16. The van der Waals surface area contributed by atoms with Gasteiger partial charge in [0.2, 0.25) is 0 Å². The summed E-state index contributed by atoms with van der Waals surface area (Å²) >= 11 is 0. The molecule has 2 heterocycles. The minimum atomic E-state index is -1.03. The Morgan fingerprint density at radius 3 is 2.81 bits per heavy atom. The van der Waals surface area contributed by atoms with Gasteiger partial charge in [-0.2, -0.15) is 5.10 Å². The molecule has 3 rings (SSSR count). The van der Waals surface area contributed by atoms with Gasteiger partial charge in [0.15, 0.2) is 17.2 Å². The normalized spacial score (nSPS) is 10.7. The lowest BCUT2D eigenvalue weighted by Crippen LogP contribution is -2.06. The Balaban J connectivity index is 2.02. The summed E-state index contributed by atoms with van der Waals surface area (Å²) < 4.78 is 6.64. The molecule has 0 aliphatic heterocycles. The first-order valence-corrected chi connectivity index (χ1v) is 6.39. The van der Waals surface area contributed by atoms with Crippen molar-refractivity contribution in [3.05, 3.63) is 59.5 Å². The van der Waals surface area contributed by atoms with Crippen molar-refractivity contribution >= 4 is 11.6 Å². The molecule has 0 aliphatic carbocycles. The molecule has 0 bridgehead atoms. The van der Waals surface area contributed by atoms with E-state index < -0.39 is 5.97 Å². The fourth-order valence-corrected chi connectivity index (χ4v) is 2.21. The number of carboxylic acid groups (broad SMARTS) is 1. The smallest absolute Gasteiger partial charge is 0.354 e. The number of rotatable bonds is 4. The van der Waals surface area contributed by atoms with Crippen LogP contribution in [0, 0.1) is 0 Å². The van der Waals surface area contributed by atoms with Crippen molar-refractivity contribution in [2.45, 2.75) is 6.42 Å². The summed E-state index contributed by atoms with van der Waals surface area (Å²) in [6.45, 7) is 0. The number of ether oxygens (including phenoxy) is 1. The number of nitrogens with zero attached hydrogens (tertiary/aromatic N) is 3. The minimum Gasteiger partial charge on any atom is -0.496 e. The van der Waals surface area contributed by atoms with Crippen molar-refractivity contribution in [1.82, 2.24) is 14.6 Å². The van der Waals surface area contributed by atoms with Gasteiger partial charge < -0.3 is 9.84 Å². The van der Waals surface area contributed by atoms with E-state index in [0.29, 0.717) is 17.9 Å². The molecule has 21 heavy (non-hydrogen) atoms. The molecule has 0 spiro atoms. The average molecular weight is 283 g/mol. The maximum atomic E-state index is 11.2. The highest BCUT2D eigenvalue weighted by Crippen LogP contribution is 2.20. The van der Waals surface area contributed by atoms with Gasteiger partial charge in [-0.3, -0.25) is 0 Å². The van der Waals surface area contributed by atoms with Crippen LogP contribution in [0.1, 0.15) is 21.9 Å². The van der Waals surface area contributed by atoms with Crippen molar-refractivity contribution in [2.75, 3.05) is 7.11 Å². The van der Waals surface area contributed by atoms with Gasteiger partial charge in [-0.1, -0.05) is 24.3 Å². The fourth-order valence-electron chi connectivity index (χ4n) is 2.21. The molecule has 6 nitrogen and oxygen atoms in total. The molecule has 0 saturated carbocycles. The van der Waals surface area contributed by atoms with Crippen LogP contribution in [0.5, 0.6) is 5.75 Å². The van der Waals surface area contributed by atoms with Crippen LogP contribution in [-0.2, 0) is 6.42 Å². The monoisotopic (exact) mass is 283 g/mol. The van der Waals surface area contributed by atoms with Crippen LogP contribution in [0.2, 0.25) is 0 Å². The van der Waals surface area contributed by atoms with Gasteiger partial charge >= 0.3 is 5.97 Å². The van der Waals surface area contributed by atoms with Gasteiger partial charge in [-0.05, 0) is 18.2 Å². The number of para-hydroxylation sites is 1. The van der Waals surface area contributed by atoms with E-state index >= 15 is 0 Å². The molecule has 0 amide bonds. The molecule has 1 aromatic carbocycles. The zero-order chi connectivity index (χ0) is 14.8. The zero-order valence-corrected chi connectivity index (χ0v) is 11.4. The second-order valence-electron chi connectivity index (χ2n) is 4.50. The number of benzene rings is 1. The molecule has 0 unspecified atom stereocenters. The lowest BCUT2D eigenvalue weighted by Gasteiger charge is -2.05. The summed E-state index contributed by atoms with van der Waals surface area (Å²) in [5.41, 5.74) is 1.55. The summed E-state index contributed by atoms with van der Waals surface area (Å²) in [5.74, 6) is 0.275. The Labute approximate surface area is 120 Å². The van der Waals surface area contributed by atoms with Gasteiger partial charge in [0.1, 0.15) is 5.75 Å². The minimum absolute atomic E-state index is 0.0891. The average Bonchev–Trinajstić information content (AvgIpc) is 2.89. The number of carbonyl (C=O) groups is 1. The van der Waals surface area contributed by atoms with Crippen molar-refractivity contribution in [1.29, 1.82) is 0 Å². The standard InChI is InChI=1S/C15H13N3O3/c1-21-12-7-3-2-5-10(12)9-13-16-14-8-4-6-11(15(19)20)18(14)17-13/h2-8H,9H2,1H3,(H,19,20). The summed E-state index contributed by atoms with van der Waals surface area (Å²) in [6.07, 6.45) is 0.477. The highest BCUT2D eigenvalue weighted by atomic mass is 16.5. The number of hydrogen-bond donors (Lipinski definition) is 1. The number of carboxylic acids is 1. The van der Waals surface area contributed by atoms with E-state index in [4.69, 9.17) is 9.84 Å². The predicted octanol–water partition coefficient (Wildman–Crippen LogP) is 2.03. The van der Waals surface area contributed by atoms with Gasteiger partial charge in [-0.15, -0.1) is 0 Å². The second-order valence-corrected chi connectivity index (χ2v) is 4.50. The molecular formula is C15H13N3O3. The topological polar surface area (TPSA) is 76.7 Å². The Morgan fingerprint density at radius 1 is 1.24 bits per heavy atom. The Bertz CT molecular complexity index is 811. The lowest BCUT2D eigenvalue weighted by atomic mass is 10.1. The van der Waals surface area contributed by atoms with E-state index in [9.17, 15) is 4.79 Å². The van der Waals surface area contributed by atoms with Crippen LogP contribution in [0.4, 0.5) is 0 Å². The van der Waals surface area contributed by atoms with Crippen molar-refractivity contribution in [2.24, 2.45) is 0 Å². The molecule has 1 N–H and O–H groups in total. The summed E-state index contributed by atoms with van der Waals surface area (Å²) in [4.78, 5) is 15.5. The largest absolute Gasteiger partial charge is 0.496 e. The maximum absolute atomic E-state index is 11.2. The number of aromatic nitrogens is 3. The first-order chi connectivity index (χ1) is 10.2. The van der Waals surface area contributed by atoms with Gasteiger partial charge in [-0.25, -0.2) is 14.3 Å². The first kappa shape index (κ1) is 13.1. The highest BCUT2D eigenvalue weighted by Gasteiger charge is 2.13. The zero-order valence-electron chi connectivity index (χ0n) is 11.4. The molecule has 2 aromatic heterocycles.